The number of hydrogen-bond acceptors (Lipinski definition) is 2. The highest BCUT2D eigenvalue weighted by Crippen LogP contribution is 2.24. The Morgan fingerprint density at radius 1 is 1.20 bits per heavy atom. The van der Waals surface area contributed by atoms with Crippen molar-refractivity contribution in [2.45, 2.75) is 64.5 Å². The van der Waals surface area contributed by atoms with Gasteiger partial charge in [-0.25, -0.2) is 0 Å². The molecule has 0 aromatic heterocycles. The molecule has 1 saturated carbocycles. The van der Waals surface area contributed by atoms with E-state index >= 15 is 0 Å². The highest BCUT2D eigenvalue weighted by molar-refractivity contribution is 5.24. The molecule has 1 aromatic rings. The highest BCUT2D eigenvalue weighted by atomic mass is 16.5. The maximum absolute atomic E-state index is 5.90. The lowest BCUT2D eigenvalue weighted by molar-refractivity contribution is -0.00624. The Morgan fingerprint density at radius 2 is 1.85 bits per heavy atom. The van der Waals surface area contributed by atoms with Crippen LogP contribution in [0.3, 0.4) is 0 Å². The molecule has 1 N–H and O–H groups in total. The second kappa shape index (κ2) is 6.73. The van der Waals surface area contributed by atoms with Crippen molar-refractivity contribution in [3.63, 3.8) is 0 Å². The zero-order valence-corrected chi connectivity index (χ0v) is 13.4. The molecule has 112 valence electrons. The van der Waals surface area contributed by atoms with Gasteiger partial charge in [0.1, 0.15) is 0 Å². The molecule has 0 radical (unpaired) electrons. The third-order valence-electron chi connectivity index (χ3n) is 3.78. The van der Waals surface area contributed by atoms with E-state index in [1.807, 2.05) is 0 Å². The molecule has 0 bridgehead atoms. The Bertz CT molecular complexity index is 400. The third-order valence-corrected chi connectivity index (χ3v) is 3.78. The molecule has 2 nitrogen and oxygen atoms in total. The molecular formula is C18H29NO. The number of rotatable bonds is 7. The SMILES string of the molecule is Cc1ccc(C(CCOC(C)(C)C)CNC2CC2)cc1. The van der Waals surface area contributed by atoms with Crippen molar-refractivity contribution >= 4 is 0 Å². The molecule has 20 heavy (non-hydrogen) atoms. The zero-order valence-electron chi connectivity index (χ0n) is 13.4. The van der Waals surface area contributed by atoms with E-state index in [1.165, 1.54) is 24.0 Å². The molecule has 0 amide bonds. The van der Waals surface area contributed by atoms with Crippen LogP contribution < -0.4 is 5.32 Å². The third kappa shape index (κ3) is 5.64. The van der Waals surface area contributed by atoms with E-state index in [0.717, 1.165) is 25.6 Å². The van der Waals surface area contributed by atoms with Crippen molar-refractivity contribution in [2.24, 2.45) is 0 Å². The van der Waals surface area contributed by atoms with Crippen LogP contribution in [-0.4, -0.2) is 24.8 Å². The van der Waals surface area contributed by atoms with Gasteiger partial charge in [0.2, 0.25) is 0 Å². The van der Waals surface area contributed by atoms with Crippen molar-refractivity contribution in [1.82, 2.24) is 5.32 Å². The molecule has 0 spiro atoms. The van der Waals surface area contributed by atoms with E-state index in [0.29, 0.717) is 5.92 Å². The molecule has 0 saturated heterocycles. The van der Waals surface area contributed by atoms with Gasteiger partial charge in [-0.1, -0.05) is 29.8 Å². The predicted octanol–water partition coefficient (Wildman–Crippen LogP) is 4.04. The van der Waals surface area contributed by atoms with Crippen LogP contribution in [0.2, 0.25) is 0 Å². The zero-order chi connectivity index (χ0) is 14.6. The molecule has 1 aliphatic carbocycles. The fourth-order valence-corrected chi connectivity index (χ4v) is 2.33. The van der Waals surface area contributed by atoms with Crippen LogP contribution in [0.15, 0.2) is 24.3 Å². The number of benzene rings is 1. The Hall–Kier alpha value is -0.860. The second-order valence-corrected chi connectivity index (χ2v) is 7.04. The fraction of sp³-hybridized carbons (Fsp3) is 0.667. The number of nitrogens with one attached hydrogen (secondary N) is 1. The number of hydrogen-bond donors (Lipinski definition) is 1. The minimum atomic E-state index is -0.0399. The van der Waals surface area contributed by atoms with Crippen LogP contribution >= 0.6 is 0 Å². The van der Waals surface area contributed by atoms with Crippen LogP contribution in [0.5, 0.6) is 0 Å². The van der Waals surface area contributed by atoms with Crippen LogP contribution in [0.1, 0.15) is 57.1 Å². The molecule has 1 aliphatic rings. The van der Waals surface area contributed by atoms with Crippen molar-refractivity contribution < 1.29 is 4.74 Å². The predicted molar refractivity (Wildman–Crippen MR) is 85.3 cm³/mol. The summed E-state index contributed by atoms with van der Waals surface area (Å²) >= 11 is 0. The monoisotopic (exact) mass is 275 g/mol. The average molecular weight is 275 g/mol. The number of aryl methyl sites for hydroxylation is 1. The van der Waals surface area contributed by atoms with Crippen molar-refractivity contribution in [2.75, 3.05) is 13.2 Å². The summed E-state index contributed by atoms with van der Waals surface area (Å²) < 4.78 is 5.90. The van der Waals surface area contributed by atoms with Gasteiger partial charge in [-0.2, -0.15) is 0 Å². The lowest BCUT2D eigenvalue weighted by Gasteiger charge is -2.23. The van der Waals surface area contributed by atoms with Gasteiger partial charge in [-0.3, -0.25) is 0 Å². The van der Waals surface area contributed by atoms with Gasteiger partial charge in [0.15, 0.2) is 0 Å². The maximum atomic E-state index is 5.90. The van der Waals surface area contributed by atoms with Crippen LogP contribution in [0.4, 0.5) is 0 Å². The van der Waals surface area contributed by atoms with E-state index in [4.69, 9.17) is 4.74 Å². The van der Waals surface area contributed by atoms with Crippen LogP contribution in [0, 0.1) is 6.92 Å². The molecule has 0 heterocycles. The Morgan fingerprint density at radius 3 is 2.40 bits per heavy atom. The minimum absolute atomic E-state index is 0.0399. The van der Waals surface area contributed by atoms with Gasteiger partial charge in [0, 0.05) is 19.2 Å². The van der Waals surface area contributed by atoms with E-state index in [2.05, 4.69) is 57.3 Å². The summed E-state index contributed by atoms with van der Waals surface area (Å²) in [6, 6.07) is 9.73. The summed E-state index contributed by atoms with van der Waals surface area (Å²) in [6.07, 6.45) is 3.78. The summed E-state index contributed by atoms with van der Waals surface area (Å²) in [5.41, 5.74) is 2.72. The van der Waals surface area contributed by atoms with Gasteiger partial charge >= 0.3 is 0 Å². The maximum Gasteiger partial charge on any atom is 0.0598 e. The van der Waals surface area contributed by atoms with Crippen molar-refractivity contribution in [1.29, 1.82) is 0 Å². The first-order chi connectivity index (χ1) is 9.44. The molecular weight excluding hydrogens is 246 g/mol. The molecule has 1 unspecified atom stereocenters. The standard InChI is InChI=1S/C18H29NO/c1-14-5-7-15(8-6-14)16(13-19-17-9-10-17)11-12-20-18(2,3)4/h5-8,16-17,19H,9-13H2,1-4H3. The topological polar surface area (TPSA) is 21.3 Å². The lowest BCUT2D eigenvalue weighted by Crippen LogP contribution is -2.26. The van der Waals surface area contributed by atoms with E-state index in [-0.39, 0.29) is 5.60 Å². The Labute approximate surface area is 123 Å². The molecule has 1 atom stereocenters. The van der Waals surface area contributed by atoms with Gasteiger partial charge in [-0.15, -0.1) is 0 Å². The van der Waals surface area contributed by atoms with Crippen molar-refractivity contribution in [3.05, 3.63) is 35.4 Å². The Kier molecular flexibility index (Phi) is 5.22. The van der Waals surface area contributed by atoms with Gasteiger partial charge in [0.25, 0.3) is 0 Å². The van der Waals surface area contributed by atoms with Crippen molar-refractivity contribution in [3.8, 4) is 0 Å². The first-order valence-electron chi connectivity index (χ1n) is 7.88. The summed E-state index contributed by atoms with van der Waals surface area (Å²) in [7, 11) is 0. The molecule has 2 heteroatoms. The van der Waals surface area contributed by atoms with E-state index in [1.54, 1.807) is 0 Å². The lowest BCUT2D eigenvalue weighted by atomic mass is 9.95. The quantitative estimate of drug-likeness (QED) is 0.811. The summed E-state index contributed by atoms with van der Waals surface area (Å²) in [5.74, 6) is 0.554. The average Bonchev–Trinajstić information content (AvgIpc) is 3.17. The van der Waals surface area contributed by atoms with E-state index in [9.17, 15) is 0 Å². The smallest absolute Gasteiger partial charge is 0.0598 e. The largest absolute Gasteiger partial charge is 0.376 e. The molecule has 1 aromatic carbocycles. The molecule has 1 fully saturated rings. The number of ether oxygens (including phenoxy) is 1. The fourth-order valence-electron chi connectivity index (χ4n) is 2.33. The first-order valence-corrected chi connectivity index (χ1v) is 7.88. The highest BCUT2D eigenvalue weighted by Gasteiger charge is 2.22. The van der Waals surface area contributed by atoms with E-state index < -0.39 is 0 Å². The van der Waals surface area contributed by atoms with Crippen LogP contribution in [-0.2, 0) is 4.74 Å². The van der Waals surface area contributed by atoms with Gasteiger partial charge in [-0.05, 0) is 58.4 Å². The van der Waals surface area contributed by atoms with Gasteiger partial charge in [0.05, 0.1) is 5.60 Å². The minimum Gasteiger partial charge on any atom is -0.376 e. The molecule has 0 aliphatic heterocycles. The summed E-state index contributed by atoms with van der Waals surface area (Å²) in [4.78, 5) is 0. The first kappa shape index (κ1) is 15.5. The van der Waals surface area contributed by atoms with Gasteiger partial charge < -0.3 is 10.1 Å². The van der Waals surface area contributed by atoms with Crippen LogP contribution in [0.25, 0.3) is 0 Å². The second-order valence-electron chi connectivity index (χ2n) is 7.04. The normalized spacial score (nSPS) is 17.2. The summed E-state index contributed by atoms with van der Waals surface area (Å²) in [6.45, 7) is 10.4. The Balaban J connectivity index is 1.90. The summed E-state index contributed by atoms with van der Waals surface area (Å²) in [5, 5.41) is 3.66. The molecule has 2 rings (SSSR count).